The number of rotatable bonds is 0. The SMILES string of the molecule is CN1C[C@H]2C1CCN2C. The molecule has 0 aromatic carbocycles. The molecule has 0 aliphatic carbocycles. The predicted octanol–water partition coefficient (Wildman–Crippen LogP) is 0.00450. The van der Waals surface area contributed by atoms with Crippen molar-refractivity contribution in [3.05, 3.63) is 0 Å². The van der Waals surface area contributed by atoms with Crippen LogP contribution in [0, 0.1) is 0 Å². The molecule has 0 bridgehead atoms. The molecule has 0 N–H and O–H groups in total. The van der Waals surface area contributed by atoms with Crippen LogP contribution in [0.15, 0.2) is 0 Å². The topological polar surface area (TPSA) is 6.48 Å². The maximum Gasteiger partial charge on any atom is 0.0376 e. The molecule has 9 heavy (non-hydrogen) atoms. The van der Waals surface area contributed by atoms with Crippen molar-refractivity contribution in [1.29, 1.82) is 0 Å². The molecule has 2 saturated heterocycles. The van der Waals surface area contributed by atoms with Crippen molar-refractivity contribution in [2.45, 2.75) is 18.5 Å². The number of nitrogens with zero attached hydrogens (tertiary/aromatic N) is 2. The van der Waals surface area contributed by atoms with Gasteiger partial charge in [-0.1, -0.05) is 0 Å². The van der Waals surface area contributed by atoms with Gasteiger partial charge < -0.3 is 9.80 Å². The summed E-state index contributed by atoms with van der Waals surface area (Å²) in [7, 11) is 4.46. The van der Waals surface area contributed by atoms with Crippen LogP contribution in [-0.4, -0.2) is 49.1 Å². The average Bonchev–Trinajstić information content (AvgIpc) is 2.07. The second kappa shape index (κ2) is 1.70. The smallest absolute Gasteiger partial charge is 0.0376 e. The summed E-state index contributed by atoms with van der Waals surface area (Å²) in [6, 6.07) is 1.80. The van der Waals surface area contributed by atoms with Crippen molar-refractivity contribution in [3.8, 4) is 0 Å². The van der Waals surface area contributed by atoms with Crippen LogP contribution in [0.4, 0.5) is 0 Å². The molecule has 0 spiro atoms. The Kier molecular flexibility index (Phi) is 1.08. The average molecular weight is 126 g/mol. The van der Waals surface area contributed by atoms with E-state index >= 15 is 0 Å². The molecule has 1 unspecified atom stereocenters. The van der Waals surface area contributed by atoms with Crippen molar-refractivity contribution in [1.82, 2.24) is 9.80 Å². The minimum Gasteiger partial charge on any atom is -0.301 e. The molecule has 2 aliphatic heterocycles. The van der Waals surface area contributed by atoms with Crippen LogP contribution in [0.5, 0.6) is 0 Å². The van der Waals surface area contributed by atoms with Crippen LogP contribution in [0.2, 0.25) is 0 Å². The van der Waals surface area contributed by atoms with E-state index in [1.165, 1.54) is 19.5 Å². The van der Waals surface area contributed by atoms with E-state index in [1.807, 2.05) is 0 Å². The van der Waals surface area contributed by atoms with E-state index in [-0.39, 0.29) is 0 Å². The van der Waals surface area contributed by atoms with Gasteiger partial charge in [0.05, 0.1) is 0 Å². The van der Waals surface area contributed by atoms with Crippen LogP contribution in [0.25, 0.3) is 0 Å². The monoisotopic (exact) mass is 126 g/mol. The third-order valence-electron chi connectivity index (χ3n) is 2.83. The molecule has 52 valence electrons. The number of likely N-dealkylation sites (N-methyl/N-ethyl adjacent to an activating group) is 2. The molecule has 0 saturated carbocycles. The standard InChI is InChI=1S/C7H14N2/c1-8-4-3-6-7(8)5-9(6)2/h6-7H,3-5H2,1-2H3/t6?,7-/m0/s1. The lowest BCUT2D eigenvalue weighted by Crippen LogP contribution is -2.58. The fourth-order valence-electron chi connectivity index (χ4n) is 2.06. The van der Waals surface area contributed by atoms with E-state index in [0.29, 0.717) is 0 Å². The highest BCUT2D eigenvalue weighted by Gasteiger charge is 2.42. The Bertz CT molecular complexity index is 122. The first kappa shape index (κ1) is 5.69. The maximum atomic E-state index is 2.48. The van der Waals surface area contributed by atoms with Crippen LogP contribution < -0.4 is 0 Å². The summed E-state index contributed by atoms with van der Waals surface area (Å²) in [6.07, 6.45) is 1.39. The molecule has 0 radical (unpaired) electrons. The summed E-state index contributed by atoms with van der Waals surface area (Å²) >= 11 is 0. The van der Waals surface area contributed by atoms with Gasteiger partial charge in [-0.2, -0.15) is 0 Å². The Morgan fingerprint density at radius 3 is 2.33 bits per heavy atom. The molecule has 2 aliphatic rings. The third-order valence-corrected chi connectivity index (χ3v) is 2.83. The first-order valence-electron chi connectivity index (χ1n) is 3.69. The molecule has 2 nitrogen and oxygen atoms in total. The first-order valence-corrected chi connectivity index (χ1v) is 3.69. The minimum atomic E-state index is 0.898. The van der Waals surface area contributed by atoms with E-state index < -0.39 is 0 Å². The fraction of sp³-hybridized carbons (Fsp3) is 1.00. The predicted molar refractivity (Wildman–Crippen MR) is 37.5 cm³/mol. The summed E-state index contributed by atoms with van der Waals surface area (Å²) < 4.78 is 0. The molecule has 2 fully saturated rings. The van der Waals surface area contributed by atoms with Gasteiger partial charge in [-0.05, 0) is 27.1 Å². The molecule has 0 aromatic heterocycles. The zero-order chi connectivity index (χ0) is 6.43. The second-order valence-corrected chi connectivity index (χ2v) is 3.34. The van der Waals surface area contributed by atoms with Gasteiger partial charge in [-0.25, -0.2) is 0 Å². The van der Waals surface area contributed by atoms with Crippen LogP contribution in [0.1, 0.15) is 6.42 Å². The first-order chi connectivity index (χ1) is 4.29. The highest BCUT2D eigenvalue weighted by atomic mass is 15.3. The number of hydrogen-bond acceptors (Lipinski definition) is 2. The Hall–Kier alpha value is -0.0800. The Balaban J connectivity index is 2.03. The highest BCUT2D eigenvalue weighted by Crippen LogP contribution is 2.28. The number of fused-ring (bicyclic) bond motifs is 1. The molecule has 2 atom stereocenters. The number of likely N-dealkylation sites (tertiary alicyclic amines) is 2. The molecule has 2 heteroatoms. The quantitative estimate of drug-likeness (QED) is 0.451. The van der Waals surface area contributed by atoms with Gasteiger partial charge in [0.15, 0.2) is 0 Å². The Morgan fingerprint density at radius 2 is 1.89 bits per heavy atom. The molecule has 2 rings (SSSR count). The van der Waals surface area contributed by atoms with Gasteiger partial charge in [0.25, 0.3) is 0 Å². The molecule has 0 aromatic rings. The van der Waals surface area contributed by atoms with Gasteiger partial charge in [-0.15, -0.1) is 0 Å². The van der Waals surface area contributed by atoms with Crippen molar-refractivity contribution >= 4 is 0 Å². The van der Waals surface area contributed by atoms with Crippen LogP contribution in [-0.2, 0) is 0 Å². The van der Waals surface area contributed by atoms with E-state index in [4.69, 9.17) is 0 Å². The van der Waals surface area contributed by atoms with Gasteiger partial charge in [0.1, 0.15) is 0 Å². The summed E-state index contributed by atoms with van der Waals surface area (Å²) in [5.74, 6) is 0. The van der Waals surface area contributed by atoms with Crippen LogP contribution in [0.3, 0.4) is 0 Å². The lowest BCUT2D eigenvalue weighted by Gasteiger charge is -2.43. The normalized spacial score (nSPS) is 44.7. The highest BCUT2D eigenvalue weighted by molar-refractivity contribution is 5.00. The summed E-state index contributed by atoms with van der Waals surface area (Å²) in [5, 5.41) is 0. The molecule has 2 heterocycles. The van der Waals surface area contributed by atoms with Crippen molar-refractivity contribution in [2.24, 2.45) is 0 Å². The summed E-state index contributed by atoms with van der Waals surface area (Å²) in [4.78, 5) is 4.93. The largest absolute Gasteiger partial charge is 0.301 e. The van der Waals surface area contributed by atoms with Crippen molar-refractivity contribution in [2.75, 3.05) is 27.2 Å². The third kappa shape index (κ3) is 0.634. The zero-order valence-electron chi connectivity index (χ0n) is 6.17. The second-order valence-electron chi connectivity index (χ2n) is 3.34. The molecular weight excluding hydrogens is 112 g/mol. The van der Waals surface area contributed by atoms with E-state index in [0.717, 1.165) is 12.1 Å². The lowest BCUT2D eigenvalue weighted by molar-refractivity contribution is 0.0574. The molecule has 0 amide bonds. The summed E-state index contributed by atoms with van der Waals surface area (Å²) in [6.45, 7) is 2.60. The number of hydrogen-bond donors (Lipinski definition) is 0. The Morgan fingerprint density at radius 1 is 1.11 bits per heavy atom. The lowest BCUT2D eigenvalue weighted by atomic mass is 9.99. The van der Waals surface area contributed by atoms with Gasteiger partial charge in [0.2, 0.25) is 0 Å². The van der Waals surface area contributed by atoms with Crippen molar-refractivity contribution < 1.29 is 0 Å². The van der Waals surface area contributed by atoms with Crippen LogP contribution >= 0.6 is 0 Å². The zero-order valence-corrected chi connectivity index (χ0v) is 6.17. The van der Waals surface area contributed by atoms with Gasteiger partial charge in [-0.3, -0.25) is 0 Å². The van der Waals surface area contributed by atoms with E-state index in [9.17, 15) is 0 Å². The Labute approximate surface area is 56.4 Å². The fourth-order valence-corrected chi connectivity index (χ4v) is 2.06. The van der Waals surface area contributed by atoms with Gasteiger partial charge >= 0.3 is 0 Å². The molecular formula is C7H14N2. The van der Waals surface area contributed by atoms with Crippen molar-refractivity contribution in [3.63, 3.8) is 0 Å². The summed E-state index contributed by atoms with van der Waals surface area (Å²) in [5.41, 5.74) is 0. The maximum absolute atomic E-state index is 2.48. The minimum absolute atomic E-state index is 0.898. The van der Waals surface area contributed by atoms with E-state index in [2.05, 4.69) is 23.9 Å². The van der Waals surface area contributed by atoms with E-state index in [1.54, 1.807) is 0 Å². The van der Waals surface area contributed by atoms with Gasteiger partial charge in [0, 0.05) is 18.6 Å².